The first kappa shape index (κ1) is 13.1. The molecule has 1 spiro atoms. The first-order valence-electron chi connectivity index (χ1n) is 7.60. The number of benzene rings is 2. The summed E-state index contributed by atoms with van der Waals surface area (Å²) in [5, 5.41) is 9.27. The number of nitrogens with zero attached hydrogens (tertiary/aromatic N) is 1. The summed E-state index contributed by atoms with van der Waals surface area (Å²) in [7, 11) is 0. The van der Waals surface area contributed by atoms with Gasteiger partial charge in [-0.15, -0.1) is 0 Å². The van der Waals surface area contributed by atoms with Crippen LogP contribution in [0, 0.1) is 11.3 Å². The SMILES string of the molecule is N#Cc1ccc2c(c1)C1(CCCCC1)c1cccc(Br)c1-2. The lowest BCUT2D eigenvalue weighted by molar-refractivity contribution is 0.353. The minimum absolute atomic E-state index is 0.138. The van der Waals surface area contributed by atoms with Gasteiger partial charge in [0.1, 0.15) is 0 Å². The van der Waals surface area contributed by atoms with Gasteiger partial charge in [0, 0.05) is 15.5 Å². The third kappa shape index (κ3) is 1.74. The summed E-state index contributed by atoms with van der Waals surface area (Å²) in [4.78, 5) is 0. The van der Waals surface area contributed by atoms with Crippen LogP contribution in [0.5, 0.6) is 0 Å². The van der Waals surface area contributed by atoms with Crippen molar-refractivity contribution >= 4 is 15.9 Å². The van der Waals surface area contributed by atoms with Gasteiger partial charge in [0.15, 0.2) is 0 Å². The molecule has 0 aliphatic heterocycles. The number of hydrogen-bond donors (Lipinski definition) is 0. The van der Waals surface area contributed by atoms with Crippen LogP contribution in [0.2, 0.25) is 0 Å². The van der Waals surface area contributed by atoms with E-state index in [0.29, 0.717) is 0 Å². The minimum Gasteiger partial charge on any atom is -0.192 e. The van der Waals surface area contributed by atoms with Gasteiger partial charge in [-0.3, -0.25) is 0 Å². The third-order valence-corrected chi connectivity index (χ3v) is 5.83. The summed E-state index contributed by atoms with van der Waals surface area (Å²) in [6.07, 6.45) is 6.30. The molecule has 0 aromatic heterocycles. The van der Waals surface area contributed by atoms with E-state index in [-0.39, 0.29) is 5.41 Å². The van der Waals surface area contributed by atoms with E-state index in [2.05, 4.69) is 52.3 Å². The second-order valence-electron chi connectivity index (χ2n) is 6.18. The molecule has 2 aromatic carbocycles. The Bertz CT molecular complexity index is 764. The molecule has 0 bridgehead atoms. The van der Waals surface area contributed by atoms with Crippen LogP contribution in [0.15, 0.2) is 40.9 Å². The fraction of sp³-hybridized carbons (Fsp3) is 0.316. The average Bonchev–Trinajstić information content (AvgIpc) is 2.79. The van der Waals surface area contributed by atoms with Gasteiger partial charge in [-0.1, -0.05) is 53.4 Å². The molecule has 0 saturated heterocycles. The molecule has 2 aliphatic carbocycles. The molecular weight excluding hydrogens is 322 g/mol. The van der Waals surface area contributed by atoms with Crippen molar-refractivity contribution < 1.29 is 0 Å². The monoisotopic (exact) mass is 337 g/mol. The van der Waals surface area contributed by atoms with Gasteiger partial charge < -0.3 is 0 Å². The van der Waals surface area contributed by atoms with Crippen LogP contribution in [-0.4, -0.2) is 0 Å². The lowest BCUT2D eigenvalue weighted by Crippen LogP contribution is -2.28. The molecule has 0 heterocycles. The van der Waals surface area contributed by atoms with Gasteiger partial charge in [0.2, 0.25) is 0 Å². The van der Waals surface area contributed by atoms with E-state index in [1.54, 1.807) is 0 Å². The van der Waals surface area contributed by atoms with Gasteiger partial charge in [-0.25, -0.2) is 0 Å². The molecule has 0 radical (unpaired) electrons. The quantitative estimate of drug-likeness (QED) is 0.618. The van der Waals surface area contributed by atoms with E-state index in [4.69, 9.17) is 0 Å². The summed E-state index contributed by atoms with van der Waals surface area (Å²) in [6.45, 7) is 0. The third-order valence-electron chi connectivity index (χ3n) is 5.17. The molecule has 4 rings (SSSR count). The first-order valence-corrected chi connectivity index (χ1v) is 8.39. The van der Waals surface area contributed by atoms with Crippen molar-refractivity contribution in [3.63, 3.8) is 0 Å². The lowest BCUT2D eigenvalue weighted by atomic mass is 9.67. The fourth-order valence-electron chi connectivity index (χ4n) is 4.26. The maximum Gasteiger partial charge on any atom is 0.0991 e. The molecule has 1 nitrogen and oxygen atoms in total. The largest absolute Gasteiger partial charge is 0.192 e. The molecule has 1 saturated carbocycles. The van der Waals surface area contributed by atoms with Crippen LogP contribution in [0.25, 0.3) is 11.1 Å². The highest BCUT2D eigenvalue weighted by molar-refractivity contribution is 9.10. The Kier molecular flexibility index (Phi) is 2.94. The molecule has 0 N–H and O–H groups in total. The van der Waals surface area contributed by atoms with E-state index in [0.717, 1.165) is 5.56 Å². The van der Waals surface area contributed by atoms with Crippen LogP contribution in [0.3, 0.4) is 0 Å². The van der Waals surface area contributed by atoms with E-state index >= 15 is 0 Å². The van der Waals surface area contributed by atoms with Crippen molar-refractivity contribution in [1.82, 2.24) is 0 Å². The Hall–Kier alpha value is -1.59. The summed E-state index contributed by atoms with van der Waals surface area (Å²) in [6, 6.07) is 15.1. The summed E-state index contributed by atoms with van der Waals surface area (Å²) in [5.74, 6) is 0. The van der Waals surface area contributed by atoms with Crippen LogP contribution in [0.4, 0.5) is 0 Å². The molecule has 0 atom stereocenters. The predicted octanol–water partition coefficient (Wildman–Crippen LogP) is 5.55. The van der Waals surface area contributed by atoms with Crippen LogP contribution in [0.1, 0.15) is 48.8 Å². The van der Waals surface area contributed by atoms with Gasteiger partial charge in [-0.05, 0) is 47.7 Å². The molecule has 1 fully saturated rings. The Morgan fingerprint density at radius 1 is 1.00 bits per heavy atom. The molecule has 21 heavy (non-hydrogen) atoms. The Morgan fingerprint density at radius 2 is 1.81 bits per heavy atom. The standard InChI is InChI=1S/C19H16BrN/c20-17-6-4-5-15-18(17)14-8-7-13(12-21)11-16(14)19(15)9-2-1-3-10-19/h4-8,11H,1-3,9-10H2. The maximum absolute atomic E-state index is 9.27. The van der Waals surface area contributed by atoms with Crippen molar-refractivity contribution in [3.05, 3.63) is 57.6 Å². The predicted molar refractivity (Wildman–Crippen MR) is 88.2 cm³/mol. The number of halogens is 1. The second kappa shape index (κ2) is 4.71. The van der Waals surface area contributed by atoms with E-state index < -0.39 is 0 Å². The highest BCUT2D eigenvalue weighted by Gasteiger charge is 2.44. The number of hydrogen-bond acceptors (Lipinski definition) is 1. The Morgan fingerprint density at radius 3 is 2.57 bits per heavy atom. The number of fused-ring (bicyclic) bond motifs is 5. The topological polar surface area (TPSA) is 23.8 Å². The summed E-state index contributed by atoms with van der Waals surface area (Å²) >= 11 is 3.74. The number of rotatable bonds is 0. The fourth-order valence-corrected chi connectivity index (χ4v) is 4.84. The van der Waals surface area contributed by atoms with Crippen molar-refractivity contribution in [3.8, 4) is 17.2 Å². The van der Waals surface area contributed by atoms with Gasteiger partial charge in [0.05, 0.1) is 11.6 Å². The Balaban J connectivity index is 2.06. The zero-order valence-electron chi connectivity index (χ0n) is 11.8. The minimum atomic E-state index is 0.138. The molecular formula is C19H16BrN. The number of nitriles is 1. The zero-order chi connectivity index (χ0) is 14.4. The summed E-state index contributed by atoms with van der Waals surface area (Å²) in [5.41, 5.74) is 6.42. The van der Waals surface area contributed by atoms with Gasteiger partial charge in [0.25, 0.3) is 0 Å². The zero-order valence-corrected chi connectivity index (χ0v) is 13.4. The van der Waals surface area contributed by atoms with Crippen LogP contribution in [-0.2, 0) is 5.41 Å². The molecule has 2 aliphatic rings. The van der Waals surface area contributed by atoms with Crippen molar-refractivity contribution in [1.29, 1.82) is 5.26 Å². The smallest absolute Gasteiger partial charge is 0.0991 e. The van der Waals surface area contributed by atoms with Gasteiger partial charge >= 0.3 is 0 Å². The summed E-state index contributed by atoms with van der Waals surface area (Å²) < 4.78 is 1.17. The second-order valence-corrected chi connectivity index (χ2v) is 7.03. The van der Waals surface area contributed by atoms with E-state index in [1.807, 2.05) is 6.07 Å². The van der Waals surface area contributed by atoms with E-state index in [9.17, 15) is 5.26 Å². The lowest BCUT2D eigenvalue weighted by Gasteiger charge is -2.36. The van der Waals surface area contributed by atoms with Crippen LogP contribution >= 0.6 is 15.9 Å². The maximum atomic E-state index is 9.27. The van der Waals surface area contributed by atoms with Crippen molar-refractivity contribution in [2.75, 3.05) is 0 Å². The molecule has 0 unspecified atom stereocenters. The first-order chi connectivity index (χ1) is 10.3. The van der Waals surface area contributed by atoms with Crippen molar-refractivity contribution in [2.24, 2.45) is 0 Å². The van der Waals surface area contributed by atoms with E-state index in [1.165, 1.54) is 58.8 Å². The van der Waals surface area contributed by atoms with Gasteiger partial charge in [-0.2, -0.15) is 5.26 Å². The highest BCUT2D eigenvalue weighted by atomic mass is 79.9. The molecule has 104 valence electrons. The molecule has 2 heteroatoms. The average molecular weight is 338 g/mol. The molecule has 0 amide bonds. The Labute approximate surface area is 133 Å². The molecule has 2 aromatic rings. The van der Waals surface area contributed by atoms with Crippen LogP contribution < -0.4 is 0 Å². The van der Waals surface area contributed by atoms with Crippen molar-refractivity contribution in [2.45, 2.75) is 37.5 Å². The normalized spacial score (nSPS) is 18.1. The highest BCUT2D eigenvalue weighted by Crippen LogP contribution is 2.57.